The van der Waals surface area contributed by atoms with Gasteiger partial charge >= 0.3 is 0 Å². The van der Waals surface area contributed by atoms with Gasteiger partial charge in [-0.05, 0) is 17.7 Å². The van der Waals surface area contributed by atoms with Gasteiger partial charge in [-0.1, -0.05) is 18.2 Å². The van der Waals surface area contributed by atoms with E-state index in [1.54, 1.807) is 12.3 Å². The van der Waals surface area contributed by atoms with Crippen molar-refractivity contribution >= 4 is 28.8 Å². The third kappa shape index (κ3) is 3.90. The van der Waals surface area contributed by atoms with E-state index >= 15 is 0 Å². The molecule has 0 radical (unpaired) electrons. The summed E-state index contributed by atoms with van der Waals surface area (Å²) in [7, 11) is 0. The average molecular weight is 340 g/mol. The molecule has 128 valence electrons. The van der Waals surface area contributed by atoms with Crippen LogP contribution in [-0.4, -0.2) is 49.4 Å². The lowest BCUT2D eigenvalue weighted by atomic mass is 10.1. The Morgan fingerprint density at radius 3 is 2.80 bits per heavy atom. The second-order valence-electron chi connectivity index (χ2n) is 5.21. The lowest BCUT2D eigenvalue weighted by Gasteiger charge is -2.14. The van der Waals surface area contributed by atoms with E-state index in [1.807, 2.05) is 24.3 Å². The number of benzene rings is 1. The molecule has 1 atom stereocenters. The lowest BCUT2D eigenvalue weighted by Crippen LogP contribution is -2.47. The summed E-state index contributed by atoms with van der Waals surface area (Å²) in [5, 5.41) is 19.8. The maximum atomic E-state index is 12.0. The number of H-pyrrole nitrogens is 1. The van der Waals surface area contributed by atoms with Crippen LogP contribution in [0.4, 0.5) is 0 Å². The Balaban J connectivity index is 1.63. The quantitative estimate of drug-likeness (QED) is 0.471. The van der Waals surface area contributed by atoms with Crippen LogP contribution in [0.2, 0.25) is 0 Å². The molecule has 0 spiro atoms. The summed E-state index contributed by atoms with van der Waals surface area (Å²) in [6.07, 6.45) is 7.30. The first-order valence-electron chi connectivity index (χ1n) is 7.48. The van der Waals surface area contributed by atoms with Crippen molar-refractivity contribution in [1.29, 1.82) is 0 Å². The SMILES string of the molecule is O=C(C=Cc1c[nH]c2ccccc12)N[C@@H](CO)C(=O)Nn1cnnc1. The molecule has 0 aliphatic carbocycles. The number of carbonyl (C=O) groups is 2. The lowest BCUT2D eigenvalue weighted by molar-refractivity contribution is -0.125. The van der Waals surface area contributed by atoms with Crippen LogP contribution < -0.4 is 10.7 Å². The molecule has 0 saturated heterocycles. The predicted molar refractivity (Wildman–Crippen MR) is 90.7 cm³/mol. The number of nitrogens with zero attached hydrogens (tertiary/aromatic N) is 3. The fourth-order valence-electron chi connectivity index (χ4n) is 2.27. The summed E-state index contributed by atoms with van der Waals surface area (Å²) in [5.74, 6) is -1.08. The molecule has 2 heterocycles. The highest BCUT2D eigenvalue weighted by molar-refractivity contribution is 5.99. The van der Waals surface area contributed by atoms with Gasteiger partial charge in [-0.15, -0.1) is 10.2 Å². The number of aliphatic hydroxyl groups excluding tert-OH is 1. The van der Waals surface area contributed by atoms with Crippen molar-refractivity contribution in [3.05, 3.63) is 54.8 Å². The third-order valence-electron chi connectivity index (χ3n) is 3.51. The number of nitrogens with one attached hydrogen (secondary N) is 3. The molecule has 2 amide bonds. The highest BCUT2D eigenvalue weighted by Gasteiger charge is 2.19. The Morgan fingerprint density at radius 2 is 2.04 bits per heavy atom. The van der Waals surface area contributed by atoms with Gasteiger partial charge in [0, 0.05) is 23.2 Å². The fourth-order valence-corrected chi connectivity index (χ4v) is 2.27. The third-order valence-corrected chi connectivity index (χ3v) is 3.51. The summed E-state index contributed by atoms with van der Waals surface area (Å²) in [6, 6.07) is 6.60. The number of hydrogen-bond donors (Lipinski definition) is 4. The van der Waals surface area contributed by atoms with Gasteiger partial charge in [0.2, 0.25) is 5.91 Å². The molecule has 0 fully saturated rings. The van der Waals surface area contributed by atoms with Crippen molar-refractivity contribution in [2.45, 2.75) is 6.04 Å². The largest absolute Gasteiger partial charge is 0.394 e. The van der Waals surface area contributed by atoms with E-state index in [0.717, 1.165) is 16.5 Å². The van der Waals surface area contributed by atoms with Gasteiger partial charge in [-0.3, -0.25) is 15.0 Å². The smallest absolute Gasteiger partial charge is 0.263 e. The summed E-state index contributed by atoms with van der Waals surface area (Å²) in [5.41, 5.74) is 4.23. The molecule has 25 heavy (non-hydrogen) atoms. The van der Waals surface area contributed by atoms with E-state index in [9.17, 15) is 14.7 Å². The van der Waals surface area contributed by atoms with Crippen LogP contribution in [-0.2, 0) is 9.59 Å². The van der Waals surface area contributed by atoms with Crippen molar-refractivity contribution in [2.75, 3.05) is 12.0 Å². The molecule has 0 aliphatic heterocycles. The Kier molecular flexibility index (Phi) is 4.86. The van der Waals surface area contributed by atoms with Gasteiger partial charge in [-0.25, -0.2) is 4.68 Å². The van der Waals surface area contributed by atoms with Crippen LogP contribution in [0.25, 0.3) is 17.0 Å². The highest BCUT2D eigenvalue weighted by atomic mass is 16.3. The van der Waals surface area contributed by atoms with Crippen LogP contribution >= 0.6 is 0 Å². The molecule has 0 unspecified atom stereocenters. The van der Waals surface area contributed by atoms with E-state index in [4.69, 9.17) is 0 Å². The fraction of sp³-hybridized carbons (Fsp3) is 0.125. The molecule has 1 aromatic carbocycles. The zero-order chi connectivity index (χ0) is 17.6. The Bertz CT molecular complexity index is 900. The summed E-state index contributed by atoms with van der Waals surface area (Å²) in [6.45, 7) is -0.541. The number of para-hydroxylation sites is 1. The molecular formula is C16H16N6O3. The van der Waals surface area contributed by atoms with Crippen LogP contribution in [0, 0.1) is 0 Å². The summed E-state index contributed by atoms with van der Waals surface area (Å²) < 4.78 is 1.22. The highest BCUT2D eigenvalue weighted by Crippen LogP contribution is 2.18. The first-order chi connectivity index (χ1) is 12.2. The molecule has 9 heteroatoms. The minimum atomic E-state index is -1.09. The van der Waals surface area contributed by atoms with Gasteiger partial charge in [0.25, 0.3) is 5.91 Å². The van der Waals surface area contributed by atoms with Crippen molar-refractivity contribution in [3.63, 3.8) is 0 Å². The molecule has 3 rings (SSSR count). The molecule has 0 bridgehead atoms. The molecule has 0 aliphatic rings. The first kappa shape index (κ1) is 16.4. The maximum Gasteiger partial charge on any atom is 0.263 e. The summed E-state index contributed by atoms with van der Waals surface area (Å²) in [4.78, 5) is 27.1. The number of aromatic nitrogens is 4. The van der Waals surface area contributed by atoms with Crippen LogP contribution in [0.15, 0.2) is 49.2 Å². The molecular weight excluding hydrogens is 324 g/mol. The Hall–Kier alpha value is -3.46. The van der Waals surface area contributed by atoms with Crippen molar-refractivity contribution in [1.82, 2.24) is 25.2 Å². The average Bonchev–Trinajstić information content (AvgIpc) is 3.27. The number of carbonyl (C=O) groups excluding carboxylic acids is 2. The molecule has 0 saturated carbocycles. The van der Waals surface area contributed by atoms with Gasteiger partial charge in [-0.2, -0.15) is 0 Å². The van der Waals surface area contributed by atoms with Crippen molar-refractivity contribution in [2.24, 2.45) is 0 Å². The topological polar surface area (TPSA) is 125 Å². The maximum absolute atomic E-state index is 12.0. The number of aliphatic hydroxyl groups is 1. The van der Waals surface area contributed by atoms with Gasteiger partial charge < -0.3 is 15.4 Å². The number of hydrogen-bond acceptors (Lipinski definition) is 5. The first-order valence-corrected chi connectivity index (χ1v) is 7.48. The standard InChI is InChI=1S/C16H16N6O3/c23-8-14(16(25)21-22-9-18-19-10-22)20-15(24)6-5-11-7-17-13-4-2-1-3-12(11)13/h1-7,9-10,14,17,23H,8H2,(H,20,24)(H,21,25)/t14-/m0/s1. The monoisotopic (exact) mass is 340 g/mol. The van der Waals surface area contributed by atoms with E-state index in [0.29, 0.717) is 0 Å². The Labute approximate surface area is 142 Å². The number of aromatic amines is 1. The van der Waals surface area contributed by atoms with Gasteiger partial charge in [0.05, 0.1) is 6.61 Å². The second kappa shape index (κ2) is 7.41. The molecule has 3 aromatic rings. The van der Waals surface area contributed by atoms with Crippen molar-refractivity contribution in [3.8, 4) is 0 Å². The van der Waals surface area contributed by atoms with Crippen LogP contribution in [0.3, 0.4) is 0 Å². The second-order valence-corrected chi connectivity index (χ2v) is 5.21. The zero-order valence-electron chi connectivity index (χ0n) is 13.1. The zero-order valence-corrected chi connectivity index (χ0v) is 13.1. The van der Waals surface area contributed by atoms with E-state index in [1.165, 1.54) is 23.4 Å². The predicted octanol–water partition coefficient (Wildman–Crippen LogP) is 0.0200. The van der Waals surface area contributed by atoms with Crippen LogP contribution in [0.1, 0.15) is 5.56 Å². The summed E-state index contributed by atoms with van der Waals surface area (Å²) >= 11 is 0. The van der Waals surface area contributed by atoms with E-state index in [-0.39, 0.29) is 0 Å². The number of rotatable bonds is 6. The van der Waals surface area contributed by atoms with Crippen molar-refractivity contribution < 1.29 is 14.7 Å². The van der Waals surface area contributed by atoms with Crippen LogP contribution in [0.5, 0.6) is 0 Å². The number of fused-ring (bicyclic) bond motifs is 1. The minimum absolute atomic E-state index is 0.497. The Morgan fingerprint density at radius 1 is 1.28 bits per heavy atom. The minimum Gasteiger partial charge on any atom is -0.394 e. The number of amides is 2. The van der Waals surface area contributed by atoms with Gasteiger partial charge in [0.15, 0.2) is 0 Å². The molecule has 4 N–H and O–H groups in total. The van der Waals surface area contributed by atoms with E-state index in [2.05, 4.69) is 25.9 Å². The normalized spacial score (nSPS) is 12.4. The van der Waals surface area contributed by atoms with E-state index < -0.39 is 24.5 Å². The molecule has 9 nitrogen and oxygen atoms in total. The molecule has 2 aromatic heterocycles. The van der Waals surface area contributed by atoms with Gasteiger partial charge in [0.1, 0.15) is 18.7 Å².